The monoisotopic (exact) mass is 293 g/mol. The normalized spacial score (nSPS) is 11.8. The number of nitrogens with zero attached hydrogens (tertiary/aromatic N) is 2. The molecule has 0 radical (unpaired) electrons. The summed E-state index contributed by atoms with van der Waals surface area (Å²) in [7, 11) is 0. The average Bonchev–Trinajstić information content (AvgIpc) is 2.38. The Bertz CT molecular complexity index is 363. The third kappa shape index (κ3) is 9.78. The van der Waals surface area contributed by atoms with E-state index in [0.717, 1.165) is 18.8 Å². The molecule has 0 aromatic rings. The third-order valence-corrected chi connectivity index (χ3v) is 3.45. The molecule has 0 aromatic carbocycles. The zero-order valence-electron chi connectivity index (χ0n) is 13.7. The molecule has 120 valence electrons. The van der Waals surface area contributed by atoms with Crippen molar-refractivity contribution in [2.45, 2.75) is 65.3 Å². The number of rotatable bonds is 9. The summed E-state index contributed by atoms with van der Waals surface area (Å²) in [5.41, 5.74) is 10.6. The Hall–Kier alpha value is -1.70. The first-order valence-corrected chi connectivity index (χ1v) is 7.76. The molecule has 0 saturated carbocycles. The number of unbranched alkanes of at least 4 members (excludes halogenated alkanes) is 3. The van der Waals surface area contributed by atoms with Crippen molar-refractivity contribution in [1.29, 1.82) is 5.41 Å². The standard InChI is InChI=1S/C16H31N5/c1-5-12-21(16(19)20-15(17)18)14(4)11-9-7-6-8-10-13(2)3/h1,13-14H,6-12H2,2-4H3,(H5,17,18,19,20). The predicted molar refractivity (Wildman–Crippen MR) is 91.1 cm³/mol. The number of aliphatic imine (C=N–C) groups is 1. The molecular formula is C16H31N5. The largest absolute Gasteiger partial charge is 0.370 e. The molecule has 5 heteroatoms. The van der Waals surface area contributed by atoms with Crippen LogP contribution in [-0.2, 0) is 0 Å². The highest BCUT2D eigenvalue weighted by Crippen LogP contribution is 2.14. The second-order valence-electron chi connectivity index (χ2n) is 5.93. The van der Waals surface area contributed by atoms with Crippen LogP contribution in [0.25, 0.3) is 0 Å². The SMILES string of the molecule is C#CCN(C(=N)N=C(N)N)C(C)CCCCCCC(C)C. The number of nitrogens with one attached hydrogen (secondary N) is 1. The molecule has 1 atom stereocenters. The number of hydrogen-bond acceptors (Lipinski definition) is 1. The summed E-state index contributed by atoms with van der Waals surface area (Å²) in [6.45, 7) is 6.93. The smallest absolute Gasteiger partial charge is 0.222 e. The first-order chi connectivity index (χ1) is 9.88. The minimum absolute atomic E-state index is 0.0419. The zero-order valence-corrected chi connectivity index (χ0v) is 13.7. The molecule has 5 nitrogen and oxygen atoms in total. The van der Waals surface area contributed by atoms with Gasteiger partial charge in [-0.05, 0) is 19.3 Å². The zero-order chi connectivity index (χ0) is 16.3. The van der Waals surface area contributed by atoms with Gasteiger partial charge in [-0.15, -0.1) is 6.42 Å². The van der Waals surface area contributed by atoms with Crippen LogP contribution in [0.2, 0.25) is 0 Å². The number of terminal acetylenes is 1. The molecular weight excluding hydrogens is 262 g/mol. The number of hydrogen-bond donors (Lipinski definition) is 3. The summed E-state index contributed by atoms with van der Waals surface area (Å²) >= 11 is 0. The van der Waals surface area contributed by atoms with E-state index in [1.165, 1.54) is 25.7 Å². The fourth-order valence-electron chi connectivity index (χ4n) is 2.23. The summed E-state index contributed by atoms with van der Waals surface area (Å²) in [6.07, 6.45) is 12.6. The highest BCUT2D eigenvalue weighted by Gasteiger charge is 2.15. The summed E-state index contributed by atoms with van der Waals surface area (Å²) in [5.74, 6) is 3.28. The Balaban J connectivity index is 4.13. The predicted octanol–water partition coefficient (Wildman–Crippen LogP) is 2.51. The first-order valence-electron chi connectivity index (χ1n) is 7.76. The highest BCUT2D eigenvalue weighted by molar-refractivity contribution is 5.91. The Morgan fingerprint density at radius 2 is 1.71 bits per heavy atom. The van der Waals surface area contributed by atoms with Crippen molar-refractivity contribution in [2.75, 3.05) is 6.54 Å². The molecule has 0 aliphatic rings. The minimum atomic E-state index is -0.108. The van der Waals surface area contributed by atoms with Gasteiger partial charge >= 0.3 is 0 Å². The fraction of sp³-hybridized carbons (Fsp3) is 0.750. The van der Waals surface area contributed by atoms with E-state index in [0.29, 0.717) is 6.54 Å². The second-order valence-corrected chi connectivity index (χ2v) is 5.93. The summed E-state index contributed by atoms with van der Waals surface area (Å²) in [5, 5.41) is 7.89. The van der Waals surface area contributed by atoms with E-state index in [-0.39, 0.29) is 18.0 Å². The van der Waals surface area contributed by atoms with Gasteiger partial charge in [-0.1, -0.05) is 51.9 Å². The molecule has 5 N–H and O–H groups in total. The first kappa shape index (κ1) is 19.3. The van der Waals surface area contributed by atoms with E-state index in [1.54, 1.807) is 4.90 Å². The van der Waals surface area contributed by atoms with E-state index >= 15 is 0 Å². The second kappa shape index (κ2) is 11.0. The lowest BCUT2D eigenvalue weighted by molar-refractivity contribution is 0.329. The van der Waals surface area contributed by atoms with Gasteiger partial charge < -0.3 is 16.4 Å². The topological polar surface area (TPSA) is 91.5 Å². The van der Waals surface area contributed by atoms with Gasteiger partial charge in [0.1, 0.15) is 0 Å². The number of nitrogens with two attached hydrogens (primary N) is 2. The van der Waals surface area contributed by atoms with Crippen LogP contribution >= 0.6 is 0 Å². The molecule has 0 aliphatic carbocycles. The molecule has 0 saturated heterocycles. The van der Waals surface area contributed by atoms with E-state index in [1.807, 2.05) is 0 Å². The van der Waals surface area contributed by atoms with Crippen molar-refractivity contribution in [2.24, 2.45) is 22.4 Å². The minimum Gasteiger partial charge on any atom is -0.370 e. The van der Waals surface area contributed by atoms with Crippen LogP contribution in [0, 0.1) is 23.7 Å². The highest BCUT2D eigenvalue weighted by atomic mass is 15.3. The molecule has 0 bridgehead atoms. The Kier molecular flexibility index (Phi) is 10.1. The van der Waals surface area contributed by atoms with Crippen molar-refractivity contribution < 1.29 is 0 Å². The maximum atomic E-state index is 7.89. The molecule has 0 fully saturated rings. The maximum Gasteiger partial charge on any atom is 0.222 e. The summed E-state index contributed by atoms with van der Waals surface area (Å²) < 4.78 is 0. The third-order valence-electron chi connectivity index (χ3n) is 3.45. The molecule has 0 aromatic heterocycles. The van der Waals surface area contributed by atoms with Crippen LogP contribution in [0.15, 0.2) is 4.99 Å². The molecule has 1 unspecified atom stereocenters. The van der Waals surface area contributed by atoms with Crippen molar-refractivity contribution in [3.63, 3.8) is 0 Å². The van der Waals surface area contributed by atoms with Gasteiger partial charge in [-0.3, -0.25) is 5.41 Å². The van der Waals surface area contributed by atoms with Crippen molar-refractivity contribution in [3.05, 3.63) is 0 Å². The lowest BCUT2D eigenvalue weighted by Gasteiger charge is -2.27. The van der Waals surface area contributed by atoms with Gasteiger partial charge in [-0.2, -0.15) is 4.99 Å². The fourth-order valence-corrected chi connectivity index (χ4v) is 2.23. The summed E-state index contributed by atoms with van der Waals surface area (Å²) in [6, 6.07) is 0.168. The number of guanidine groups is 2. The lowest BCUT2D eigenvalue weighted by atomic mass is 10.0. The van der Waals surface area contributed by atoms with Gasteiger partial charge in [0.2, 0.25) is 5.96 Å². The molecule has 0 heterocycles. The average molecular weight is 293 g/mol. The molecule has 0 aliphatic heterocycles. The van der Waals surface area contributed by atoms with E-state index in [2.05, 4.69) is 31.7 Å². The van der Waals surface area contributed by atoms with Crippen molar-refractivity contribution in [1.82, 2.24) is 4.90 Å². The van der Waals surface area contributed by atoms with E-state index < -0.39 is 0 Å². The van der Waals surface area contributed by atoms with E-state index in [4.69, 9.17) is 23.3 Å². The van der Waals surface area contributed by atoms with Gasteiger partial charge in [0, 0.05) is 6.04 Å². The summed E-state index contributed by atoms with van der Waals surface area (Å²) in [4.78, 5) is 5.54. The van der Waals surface area contributed by atoms with Crippen LogP contribution in [0.3, 0.4) is 0 Å². The lowest BCUT2D eigenvalue weighted by Crippen LogP contribution is -2.39. The molecule has 0 amide bonds. The van der Waals surface area contributed by atoms with Crippen molar-refractivity contribution >= 4 is 11.9 Å². The molecule has 0 spiro atoms. The van der Waals surface area contributed by atoms with Crippen molar-refractivity contribution in [3.8, 4) is 12.3 Å². The van der Waals surface area contributed by atoms with Gasteiger partial charge in [0.25, 0.3) is 0 Å². The quantitative estimate of drug-likeness (QED) is 0.264. The van der Waals surface area contributed by atoms with Crippen LogP contribution in [0.5, 0.6) is 0 Å². The van der Waals surface area contributed by atoms with Crippen LogP contribution in [0.4, 0.5) is 0 Å². The molecule has 0 rings (SSSR count). The van der Waals surface area contributed by atoms with Gasteiger partial charge in [0.15, 0.2) is 5.96 Å². The van der Waals surface area contributed by atoms with Crippen LogP contribution < -0.4 is 11.5 Å². The van der Waals surface area contributed by atoms with E-state index in [9.17, 15) is 0 Å². The molecule has 21 heavy (non-hydrogen) atoms. The Labute approximate surface area is 129 Å². The van der Waals surface area contributed by atoms with Gasteiger partial charge in [-0.25, -0.2) is 0 Å². The van der Waals surface area contributed by atoms with Gasteiger partial charge in [0.05, 0.1) is 6.54 Å². The Morgan fingerprint density at radius 1 is 1.14 bits per heavy atom. The Morgan fingerprint density at radius 3 is 2.19 bits per heavy atom. The maximum absolute atomic E-state index is 7.89. The van der Waals surface area contributed by atoms with Crippen LogP contribution in [0.1, 0.15) is 59.3 Å². The van der Waals surface area contributed by atoms with Crippen LogP contribution in [-0.4, -0.2) is 29.4 Å².